The van der Waals surface area contributed by atoms with Gasteiger partial charge in [-0.1, -0.05) is 5.16 Å². The second kappa shape index (κ2) is 13.7. The molecule has 0 spiro atoms. The number of hydrogen-bond donors (Lipinski definition) is 7. The van der Waals surface area contributed by atoms with Crippen LogP contribution >= 0.6 is 11.5 Å². The molecule has 3 atom stereocenters. The van der Waals surface area contributed by atoms with Crippen LogP contribution in [0.1, 0.15) is 38.1 Å². The van der Waals surface area contributed by atoms with Gasteiger partial charge in [-0.15, -0.1) is 4.28 Å². The Morgan fingerprint density at radius 1 is 1.31 bits per heavy atom. The number of aliphatic carboxylic acids is 1. The van der Waals surface area contributed by atoms with E-state index in [9.17, 15) is 27.9 Å². The third-order valence-electron chi connectivity index (χ3n) is 6.73. The van der Waals surface area contributed by atoms with Crippen LogP contribution in [0.15, 0.2) is 29.4 Å². The topological polar surface area (TPSA) is 281 Å². The van der Waals surface area contributed by atoms with Crippen molar-refractivity contribution in [1.29, 1.82) is 5.41 Å². The largest absolute Gasteiger partial charge is 0.489 e. The van der Waals surface area contributed by atoms with E-state index in [1.54, 1.807) is 24.3 Å². The van der Waals surface area contributed by atoms with E-state index in [1.807, 2.05) is 0 Å². The van der Waals surface area contributed by atoms with Gasteiger partial charge in [0, 0.05) is 29.7 Å². The number of benzene rings is 1. The number of nitrogens with one attached hydrogen (secondary N) is 4. The highest BCUT2D eigenvalue weighted by Gasteiger charge is 2.58. The van der Waals surface area contributed by atoms with Gasteiger partial charge in [0.05, 0.1) is 5.54 Å². The number of nitrogens with two attached hydrogens (primary N) is 1. The Balaban J connectivity index is 1.41. The molecule has 8 N–H and O–H groups in total. The van der Waals surface area contributed by atoms with Gasteiger partial charge >= 0.3 is 16.4 Å². The Hall–Kier alpha value is -4.44. The van der Waals surface area contributed by atoms with Gasteiger partial charge in [-0.25, -0.2) is 4.79 Å². The zero-order valence-corrected chi connectivity index (χ0v) is 25.6. The van der Waals surface area contributed by atoms with Crippen molar-refractivity contribution in [3.05, 3.63) is 35.7 Å². The number of amides is 2. The number of aromatic nitrogens is 2. The standard InChI is InChI=1S/C24H31N9O10S2/c1-24(2)17(21(35)33(24)43-45(38,39)40)29-20(34)16(19-30-23(26)44-32-19)31-42-15(22(36)37)11-41-14-7-5-12(6-8-14)18(25)28-13-4-3-9-27-10-13/h5-8,13,15,17,27H,3-4,9-11H2,1-2H3,(H2,25,28)(H,29,34)(H,36,37)(H2,26,30,32)(H,38,39,40)/b31-16-/t13-,15-,17+/m0/s1. The van der Waals surface area contributed by atoms with Crippen LogP contribution in [0.25, 0.3) is 0 Å². The summed E-state index contributed by atoms with van der Waals surface area (Å²) in [4.78, 5) is 46.5. The van der Waals surface area contributed by atoms with Crippen LogP contribution in [0.4, 0.5) is 5.13 Å². The minimum absolute atomic E-state index is 0.0569. The van der Waals surface area contributed by atoms with Crippen LogP contribution in [-0.4, -0.2) is 105 Å². The molecule has 45 heavy (non-hydrogen) atoms. The van der Waals surface area contributed by atoms with Gasteiger partial charge in [-0.05, 0) is 57.5 Å². The number of piperidine rings is 1. The molecule has 2 fully saturated rings. The first-order valence-electron chi connectivity index (χ1n) is 13.3. The van der Waals surface area contributed by atoms with Crippen LogP contribution in [0.5, 0.6) is 5.75 Å². The highest BCUT2D eigenvalue weighted by atomic mass is 32.3. The zero-order valence-electron chi connectivity index (χ0n) is 23.9. The van der Waals surface area contributed by atoms with Crippen LogP contribution in [0.3, 0.4) is 0 Å². The van der Waals surface area contributed by atoms with E-state index >= 15 is 0 Å². The third-order valence-corrected chi connectivity index (χ3v) is 7.61. The molecule has 244 valence electrons. The highest BCUT2D eigenvalue weighted by molar-refractivity contribution is 7.80. The van der Waals surface area contributed by atoms with Gasteiger partial charge in [-0.3, -0.25) is 19.6 Å². The van der Waals surface area contributed by atoms with E-state index in [0.29, 0.717) is 22.2 Å². The molecular weight excluding hydrogens is 638 g/mol. The molecule has 0 unspecified atom stereocenters. The molecule has 1 aromatic heterocycles. The number of nitrogens with zero attached hydrogens (tertiary/aromatic N) is 4. The van der Waals surface area contributed by atoms with E-state index in [4.69, 9.17) is 25.3 Å². The summed E-state index contributed by atoms with van der Waals surface area (Å²) in [7, 11) is -5.03. The summed E-state index contributed by atoms with van der Waals surface area (Å²) in [5.74, 6) is -3.42. The van der Waals surface area contributed by atoms with Crippen molar-refractivity contribution in [3.8, 4) is 5.75 Å². The number of hydroxylamine groups is 2. The van der Waals surface area contributed by atoms with E-state index in [-0.39, 0.29) is 28.6 Å². The molecule has 4 rings (SSSR count). The zero-order chi connectivity index (χ0) is 32.9. The predicted octanol–water partition coefficient (Wildman–Crippen LogP) is -1.12. The molecular formula is C24H31N9O10S2. The fraction of sp³-hybridized carbons (Fsp3) is 0.458. The number of ether oxygens (including phenoxy) is 1. The lowest BCUT2D eigenvalue weighted by atomic mass is 9.84. The fourth-order valence-electron chi connectivity index (χ4n) is 4.35. The smallest absolute Gasteiger partial charge is 0.418 e. The molecule has 0 saturated carbocycles. The number of oxime groups is 1. The maximum atomic E-state index is 13.1. The number of rotatable bonds is 13. The van der Waals surface area contributed by atoms with Gasteiger partial charge < -0.3 is 36.4 Å². The Kier molecular flexibility index (Phi) is 10.2. The molecule has 0 bridgehead atoms. The lowest BCUT2D eigenvalue weighted by molar-refractivity contribution is -0.218. The second-order valence-corrected chi connectivity index (χ2v) is 12.2. The Morgan fingerprint density at radius 2 is 2.02 bits per heavy atom. The second-order valence-electron chi connectivity index (χ2n) is 10.4. The summed E-state index contributed by atoms with van der Waals surface area (Å²) in [6, 6.07) is 5.18. The molecule has 3 heterocycles. The first-order valence-corrected chi connectivity index (χ1v) is 15.5. The van der Waals surface area contributed by atoms with Crippen molar-refractivity contribution < 1.29 is 46.3 Å². The number of carboxylic acids is 1. The first-order chi connectivity index (χ1) is 21.2. The van der Waals surface area contributed by atoms with Crippen molar-refractivity contribution in [1.82, 2.24) is 30.4 Å². The van der Waals surface area contributed by atoms with Gasteiger partial charge in [-0.2, -0.15) is 22.8 Å². The molecule has 19 nitrogen and oxygen atoms in total. The molecule has 2 aliphatic heterocycles. The molecule has 1 aromatic carbocycles. The Bertz CT molecular complexity index is 1570. The molecule has 2 amide bonds. The summed E-state index contributed by atoms with van der Waals surface area (Å²) in [6.45, 7) is 3.85. The quantitative estimate of drug-likeness (QED) is 0.0437. The van der Waals surface area contributed by atoms with Gasteiger partial charge in [0.15, 0.2) is 5.13 Å². The number of β-lactam (4-membered cyclic amide) rings is 1. The minimum Gasteiger partial charge on any atom is -0.489 e. The van der Waals surface area contributed by atoms with E-state index in [2.05, 4.69) is 34.7 Å². The molecule has 2 aliphatic rings. The Labute approximate surface area is 260 Å². The van der Waals surface area contributed by atoms with Crippen molar-refractivity contribution >= 4 is 56.4 Å². The van der Waals surface area contributed by atoms with Crippen LogP contribution in [0, 0.1) is 5.41 Å². The van der Waals surface area contributed by atoms with Gasteiger partial charge in [0.25, 0.3) is 17.9 Å². The molecule has 0 radical (unpaired) electrons. The number of carbonyl (C=O) groups is 3. The maximum absolute atomic E-state index is 13.1. The summed E-state index contributed by atoms with van der Waals surface area (Å²) in [6.07, 6.45) is 0.246. The number of amidine groups is 1. The molecule has 2 saturated heterocycles. The predicted molar refractivity (Wildman–Crippen MR) is 157 cm³/mol. The highest BCUT2D eigenvalue weighted by Crippen LogP contribution is 2.33. The van der Waals surface area contributed by atoms with Gasteiger partial charge in [0.2, 0.25) is 11.5 Å². The monoisotopic (exact) mass is 669 g/mol. The van der Waals surface area contributed by atoms with Crippen molar-refractivity contribution in [3.63, 3.8) is 0 Å². The summed E-state index contributed by atoms with van der Waals surface area (Å²) in [5, 5.41) is 30.6. The van der Waals surface area contributed by atoms with Crippen molar-refractivity contribution in [2.24, 2.45) is 5.16 Å². The van der Waals surface area contributed by atoms with Crippen LogP contribution < -0.4 is 26.4 Å². The number of carbonyl (C=O) groups excluding carboxylic acids is 2. The minimum atomic E-state index is -5.03. The average molecular weight is 670 g/mol. The number of carboxylic acid groups (broad SMARTS) is 1. The van der Waals surface area contributed by atoms with E-state index < -0.39 is 58.2 Å². The maximum Gasteiger partial charge on any atom is 0.418 e. The van der Waals surface area contributed by atoms with Crippen LogP contribution in [0.2, 0.25) is 0 Å². The van der Waals surface area contributed by atoms with E-state index in [1.165, 1.54) is 13.8 Å². The number of nitrogen functional groups attached to an aromatic ring is 1. The first kappa shape index (κ1) is 33.5. The lowest BCUT2D eigenvalue weighted by Crippen LogP contribution is -2.76. The summed E-state index contributed by atoms with van der Waals surface area (Å²) < 4.78 is 44.7. The fourth-order valence-corrected chi connectivity index (χ4v) is 5.24. The summed E-state index contributed by atoms with van der Waals surface area (Å²) >= 11 is 0.704. The molecule has 2 aromatic rings. The summed E-state index contributed by atoms with van der Waals surface area (Å²) in [5.41, 5.74) is 4.13. The number of hydrogen-bond acceptors (Lipinski definition) is 15. The SMILES string of the molecule is CC1(C)[C@H](NC(=O)/C(=N\O[C@@H](COc2ccc(C(=N)N[C@H]3CCCNC3)cc2)C(=O)O)c2nsc(N)n2)C(=O)N1OS(=O)(=O)O. The van der Waals surface area contributed by atoms with Gasteiger partial charge in [0.1, 0.15) is 24.2 Å². The number of anilines is 1. The van der Waals surface area contributed by atoms with Crippen LogP contribution in [-0.2, 0) is 33.9 Å². The van der Waals surface area contributed by atoms with E-state index in [0.717, 1.165) is 25.9 Å². The Morgan fingerprint density at radius 3 is 2.58 bits per heavy atom. The molecule has 21 heteroatoms. The molecule has 0 aliphatic carbocycles. The lowest BCUT2D eigenvalue weighted by Gasteiger charge is -2.50. The average Bonchev–Trinajstić information content (AvgIpc) is 3.41. The third kappa shape index (κ3) is 8.39. The van der Waals surface area contributed by atoms with Crippen molar-refractivity contribution in [2.75, 3.05) is 25.4 Å². The normalized spacial score (nSPS) is 20.5. The van der Waals surface area contributed by atoms with Crippen molar-refractivity contribution in [2.45, 2.75) is 50.4 Å².